The van der Waals surface area contributed by atoms with Crippen LogP contribution in [0.15, 0.2) is 85.1 Å². The fourth-order valence-corrected chi connectivity index (χ4v) is 5.60. The summed E-state index contributed by atoms with van der Waals surface area (Å²) in [4.78, 5) is 9.77. The Hall–Kier alpha value is -4.18. The number of hydrogen-bond donors (Lipinski definition) is 1. The van der Waals surface area contributed by atoms with Crippen molar-refractivity contribution in [2.75, 3.05) is 0 Å². The van der Waals surface area contributed by atoms with Gasteiger partial charge in [0, 0.05) is 27.8 Å². The highest BCUT2D eigenvalue weighted by Gasteiger charge is 2.28. The molecule has 190 valence electrons. The van der Waals surface area contributed by atoms with E-state index in [9.17, 15) is 5.11 Å². The van der Waals surface area contributed by atoms with E-state index >= 15 is 0 Å². The quantitative estimate of drug-likeness (QED) is 0.266. The number of aromatic hydroxyl groups is 1. The molecular weight excluding hydrogens is 466 g/mol. The molecule has 0 amide bonds. The maximum atomic E-state index is 10.8. The summed E-state index contributed by atoms with van der Waals surface area (Å²) in [5.41, 5.74) is 6.89. The summed E-state index contributed by atoms with van der Waals surface area (Å²) < 4.78 is 2.26. The van der Waals surface area contributed by atoms with Crippen LogP contribution >= 0.6 is 0 Å². The van der Waals surface area contributed by atoms with Crippen molar-refractivity contribution in [2.45, 2.75) is 52.4 Å². The molecule has 0 saturated heterocycles. The number of rotatable bonds is 3. The second-order valence-corrected chi connectivity index (χ2v) is 11.9. The number of fused-ring (bicyclic) bond motifs is 4. The number of phenolic OH excluding ortho intramolecular Hbond substituents is 1. The van der Waals surface area contributed by atoms with E-state index in [0.29, 0.717) is 5.52 Å². The van der Waals surface area contributed by atoms with E-state index in [1.807, 2.05) is 18.3 Å². The van der Waals surface area contributed by atoms with Crippen molar-refractivity contribution >= 4 is 32.7 Å². The van der Waals surface area contributed by atoms with Gasteiger partial charge in [0.25, 0.3) is 0 Å². The van der Waals surface area contributed by atoms with Gasteiger partial charge in [0.1, 0.15) is 17.1 Å². The Morgan fingerprint density at radius 1 is 0.737 bits per heavy atom. The molecule has 6 rings (SSSR count). The number of hydrogen-bond acceptors (Lipinski definition) is 3. The van der Waals surface area contributed by atoms with Crippen molar-refractivity contribution in [3.05, 3.63) is 107 Å². The summed E-state index contributed by atoms with van der Waals surface area (Å²) in [6.07, 6.45) is 1.87. The van der Waals surface area contributed by atoms with Gasteiger partial charge in [-0.05, 0) is 65.4 Å². The van der Waals surface area contributed by atoms with Gasteiger partial charge >= 0.3 is 0 Å². The average Bonchev–Trinajstić information content (AvgIpc) is 3.22. The Bertz CT molecular complexity index is 1850. The van der Waals surface area contributed by atoms with Gasteiger partial charge in [-0.2, -0.15) is 0 Å². The van der Waals surface area contributed by atoms with E-state index in [1.54, 1.807) is 6.07 Å². The van der Waals surface area contributed by atoms with Crippen LogP contribution in [-0.2, 0) is 10.8 Å². The predicted molar refractivity (Wildman–Crippen MR) is 158 cm³/mol. The first-order valence-corrected chi connectivity index (χ1v) is 13.2. The lowest BCUT2D eigenvalue weighted by Crippen LogP contribution is -2.21. The zero-order valence-corrected chi connectivity index (χ0v) is 22.9. The first kappa shape index (κ1) is 24.2. The minimum atomic E-state index is -0.395. The standard InChI is InChI=1S/C34H33N3O/c1-21-17-18-35-31(19-21)37-27-10-8-7-9-23(27)24-12-11-22(20-28(24)37)34(5,6)30-16-13-25-26(33(2,3)4)14-15-29(38)32(25)36-30/h7-20,38H,1-6H3. The predicted octanol–water partition coefficient (Wildman–Crippen LogP) is 8.36. The van der Waals surface area contributed by atoms with Gasteiger partial charge in [-0.1, -0.05) is 77.1 Å². The van der Waals surface area contributed by atoms with E-state index < -0.39 is 5.41 Å². The highest BCUT2D eigenvalue weighted by atomic mass is 16.3. The van der Waals surface area contributed by atoms with Gasteiger partial charge in [-0.3, -0.25) is 4.57 Å². The molecule has 0 fully saturated rings. The molecule has 0 bridgehead atoms. The van der Waals surface area contributed by atoms with Crippen molar-refractivity contribution in [3.8, 4) is 11.6 Å². The Kier molecular flexibility index (Phi) is 5.36. The third kappa shape index (κ3) is 3.75. The van der Waals surface area contributed by atoms with Crippen LogP contribution in [0.5, 0.6) is 5.75 Å². The summed E-state index contributed by atoms with van der Waals surface area (Å²) in [6.45, 7) is 13.1. The molecule has 0 atom stereocenters. The molecule has 0 aliphatic rings. The number of aromatic nitrogens is 3. The Balaban J connectivity index is 1.56. The zero-order chi connectivity index (χ0) is 26.8. The molecule has 0 spiro atoms. The molecule has 3 aromatic heterocycles. The lowest BCUT2D eigenvalue weighted by Gasteiger charge is -2.27. The average molecular weight is 500 g/mol. The smallest absolute Gasteiger partial charge is 0.141 e. The third-order valence-electron chi connectivity index (χ3n) is 7.81. The molecule has 0 unspecified atom stereocenters. The van der Waals surface area contributed by atoms with E-state index in [0.717, 1.165) is 33.5 Å². The molecule has 1 N–H and O–H groups in total. The van der Waals surface area contributed by atoms with Crippen molar-refractivity contribution in [1.29, 1.82) is 0 Å². The van der Waals surface area contributed by atoms with E-state index in [1.165, 1.54) is 21.9 Å². The molecule has 3 heterocycles. The molecule has 6 aromatic rings. The Labute approximate surface area is 223 Å². The second kappa shape index (κ2) is 8.42. The SMILES string of the molecule is Cc1ccnc(-n2c3ccccc3c3ccc(C(C)(C)c4ccc5c(C(C)(C)C)ccc(O)c5n4)cc32)c1. The molecule has 3 aromatic carbocycles. The number of aryl methyl sites for hydroxylation is 1. The van der Waals surface area contributed by atoms with E-state index in [-0.39, 0.29) is 11.2 Å². The van der Waals surface area contributed by atoms with Crippen LogP contribution in [0.1, 0.15) is 57.0 Å². The van der Waals surface area contributed by atoms with Crippen molar-refractivity contribution in [3.63, 3.8) is 0 Å². The maximum absolute atomic E-state index is 10.8. The number of para-hydroxylation sites is 1. The minimum absolute atomic E-state index is 0.0487. The summed E-state index contributed by atoms with van der Waals surface area (Å²) in [6, 6.07) is 27.4. The Morgan fingerprint density at radius 3 is 2.24 bits per heavy atom. The van der Waals surface area contributed by atoms with Gasteiger partial charge in [0.2, 0.25) is 0 Å². The first-order chi connectivity index (χ1) is 18.1. The molecule has 38 heavy (non-hydrogen) atoms. The van der Waals surface area contributed by atoms with Gasteiger partial charge in [-0.25, -0.2) is 9.97 Å². The first-order valence-electron chi connectivity index (χ1n) is 13.2. The van der Waals surface area contributed by atoms with Crippen molar-refractivity contribution in [2.24, 2.45) is 0 Å². The lowest BCUT2D eigenvalue weighted by atomic mass is 9.80. The summed E-state index contributed by atoms with van der Waals surface area (Å²) in [5.74, 6) is 1.13. The van der Waals surface area contributed by atoms with Crippen LogP contribution in [-0.4, -0.2) is 19.6 Å². The van der Waals surface area contributed by atoms with Crippen molar-refractivity contribution < 1.29 is 5.11 Å². The lowest BCUT2D eigenvalue weighted by molar-refractivity contribution is 0.479. The summed E-state index contributed by atoms with van der Waals surface area (Å²) in [7, 11) is 0. The van der Waals surface area contributed by atoms with Crippen LogP contribution in [0.2, 0.25) is 0 Å². The van der Waals surface area contributed by atoms with Gasteiger partial charge < -0.3 is 5.11 Å². The Morgan fingerprint density at radius 2 is 1.47 bits per heavy atom. The highest BCUT2D eigenvalue weighted by molar-refractivity contribution is 6.09. The van der Waals surface area contributed by atoms with Crippen LogP contribution < -0.4 is 0 Å². The molecule has 0 saturated carbocycles. The normalized spacial score (nSPS) is 12.6. The maximum Gasteiger partial charge on any atom is 0.141 e. The molecular formula is C34H33N3O. The summed E-state index contributed by atoms with van der Waals surface area (Å²) in [5, 5.41) is 14.2. The monoisotopic (exact) mass is 499 g/mol. The molecule has 0 aliphatic heterocycles. The number of benzene rings is 3. The van der Waals surface area contributed by atoms with E-state index in [4.69, 9.17) is 9.97 Å². The van der Waals surface area contributed by atoms with Gasteiger partial charge in [-0.15, -0.1) is 0 Å². The van der Waals surface area contributed by atoms with Crippen LogP contribution in [0.3, 0.4) is 0 Å². The van der Waals surface area contributed by atoms with Gasteiger partial charge in [0.15, 0.2) is 0 Å². The zero-order valence-electron chi connectivity index (χ0n) is 22.9. The number of pyridine rings is 2. The molecule has 0 radical (unpaired) electrons. The fraction of sp³-hybridized carbons (Fsp3) is 0.235. The largest absolute Gasteiger partial charge is 0.506 e. The van der Waals surface area contributed by atoms with E-state index in [2.05, 4.69) is 107 Å². The fourth-order valence-electron chi connectivity index (χ4n) is 5.60. The van der Waals surface area contributed by atoms with Gasteiger partial charge in [0.05, 0.1) is 16.7 Å². The number of phenols is 1. The minimum Gasteiger partial charge on any atom is -0.506 e. The van der Waals surface area contributed by atoms with Crippen molar-refractivity contribution in [1.82, 2.24) is 14.5 Å². The summed E-state index contributed by atoms with van der Waals surface area (Å²) >= 11 is 0. The molecule has 4 heteroatoms. The topological polar surface area (TPSA) is 50.9 Å². The third-order valence-corrected chi connectivity index (χ3v) is 7.81. The highest BCUT2D eigenvalue weighted by Crippen LogP contribution is 2.39. The van der Waals surface area contributed by atoms with Crippen LogP contribution in [0.25, 0.3) is 38.5 Å². The second-order valence-electron chi connectivity index (χ2n) is 11.9. The number of nitrogens with zero attached hydrogens (tertiary/aromatic N) is 3. The molecule has 4 nitrogen and oxygen atoms in total. The van der Waals surface area contributed by atoms with Crippen LogP contribution in [0, 0.1) is 6.92 Å². The van der Waals surface area contributed by atoms with Crippen LogP contribution in [0.4, 0.5) is 0 Å². The molecule has 0 aliphatic carbocycles.